The van der Waals surface area contributed by atoms with Gasteiger partial charge < -0.3 is 0 Å². The van der Waals surface area contributed by atoms with Gasteiger partial charge in [0.1, 0.15) is 0 Å². The molecule has 38 heavy (non-hydrogen) atoms. The molecule has 1 atom stereocenters. The molecule has 1 unspecified atom stereocenters. The molecule has 2 aromatic rings. The lowest BCUT2D eigenvalue weighted by atomic mass is 9.93. The molecule has 0 saturated carbocycles. The van der Waals surface area contributed by atoms with Gasteiger partial charge in [-0.2, -0.15) is 0 Å². The van der Waals surface area contributed by atoms with Gasteiger partial charge in [-0.3, -0.25) is 0 Å². The summed E-state index contributed by atoms with van der Waals surface area (Å²) in [5, 5.41) is 2.75. The predicted octanol–water partition coefficient (Wildman–Crippen LogP) is 13.7. The van der Waals surface area contributed by atoms with E-state index in [0.717, 1.165) is 0 Å². The molecule has 0 fully saturated rings. The Morgan fingerprint density at radius 3 is 1.21 bits per heavy atom. The zero-order valence-electron chi connectivity index (χ0n) is 25.8. The van der Waals surface area contributed by atoms with Crippen LogP contribution in [0.5, 0.6) is 0 Å². The van der Waals surface area contributed by atoms with Crippen LogP contribution in [0.1, 0.15) is 186 Å². The van der Waals surface area contributed by atoms with Crippen LogP contribution in [0.4, 0.5) is 0 Å². The SMILES string of the molecule is CCCCCCCCCCCCCCCCCCCCCCCCCCC(C)c1ccc2ccccc2c1. The molecule has 0 amide bonds. The first-order valence-corrected chi connectivity index (χ1v) is 17.3. The van der Waals surface area contributed by atoms with Gasteiger partial charge in [0.15, 0.2) is 0 Å². The lowest BCUT2D eigenvalue weighted by Crippen LogP contribution is -1.94. The highest BCUT2D eigenvalue weighted by Gasteiger charge is 2.06. The Hall–Kier alpha value is -1.30. The molecule has 0 aliphatic heterocycles. The maximum atomic E-state index is 2.41. The summed E-state index contributed by atoms with van der Waals surface area (Å²) in [6.45, 7) is 4.71. The van der Waals surface area contributed by atoms with Gasteiger partial charge in [0.25, 0.3) is 0 Å². The summed E-state index contributed by atoms with van der Waals surface area (Å²) in [6, 6.07) is 15.8. The van der Waals surface area contributed by atoms with Crippen LogP contribution in [0.15, 0.2) is 42.5 Å². The van der Waals surface area contributed by atoms with Crippen molar-refractivity contribution in [1.29, 1.82) is 0 Å². The molecular formula is C38H64. The van der Waals surface area contributed by atoms with Gasteiger partial charge in [0, 0.05) is 0 Å². The molecule has 0 saturated heterocycles. The van der Waals surface area contributed by atoms with Gasteiger partial charge in [-0.1, -0.05) is 210 Å². The normalized spacial score (nSPS) is 12.4. The van der Waals surface area contributed by atoms with Crippen LogP contribution in [-0.2, 0) is 0 Å². The van der Waals surface area contributed by atoms with Gasteiger partial charge in [0.05, 0.1) is 0 Å². The Balaban J connectivity index is 1.26. The summed E-state index contributed by atoms with van der Waals surface area (Å²) in [4.78, 5) is 0. The zero-order valence-corrected chi connectivity index (χ0v) is 25.8. The number of benzene rings is 2. The Kier molecular flexibility index (Phi) is 20.4. The van der Waals surface area contributed by atoms with E-state index in [2.05, 4.69) is 56.3 Å². The van der Waals surface area contributed by atoms with E-state index in [9.17, 15) is 0 Å². The van der Waals surface area contributed by atoms with Crippen LogP contribution in [0.25, 0.3) is 10.8 Å². The monoisotopic (exact) mass is 521 g/mol. The van der Waals surface area contributed by atoms with Gasteiger partial charge in [-0.05, 0) is 28.7 Å². The van der Waals surface area contributed by atoms with Crippen molar-refractivity contribution in [2.75, 3.05) is 0 Å². The second-order valence-corrected chi connectivity index (χ2v) is 12.4. The zero-order chi connectivity index (χ0) is 26.9. The third-order valence-corrected chi connectivity index (χ3v) is 8.83. The molecule has 0 radical (unpaired) electrons. The van der Waals surface area contributed by atoms with Crippen molar-refractivity contribution >= 4 is 10.8 Å². The Morgan fingerprint density at radius 2 is 0.789 bits per heavy atom. The van der Waals surface area contributed by atoms with Crippen molar-refractivity contribution in [3.63, 3.8) is 0 Å². The summed E-state index contributed by atoms with van der Waals surface area (Å²) in [5.41, 5.74) is 1.51. The highest BCUT2D eigenvalue weighted by molar-refractivity contribution is 5.83. The van der Waals surface area contributed by atoms with Crippen molar-refractivity contribution in [2.24, 2.45) is 0 Å². The quantitative estimate of drug-likeness (QED) is 0.108. The van der Waals surface area contributed by atoms with Crippen LogP contribution < -0.4 is 0 Å². The second-order valence-electron chi connectivity index (χ2n) is 12.4. The molecule has 0 spiro atoms. The van der Waals surface area contributed by atoms with E-state index in [1.165, 1.54) is 177 Å². The molecule has 0 aromatic heterocycles. The molecule has 0 aliphatic carbocycles. The highest BCUT2D eigenvalue weighted by Crippen LogP contribution is 2.26. The third-order valence-electron chi connectivity index (χ3n) is 8.83. The molecule has 2 rings (SSSR count). The van der Waals surface area contributed by atoms with Gasteiger partial charge >= 0.3 is 0 Å². The highest BCUT2D eigenvalue weighted by atomic mass is 14.1. The average molecular weight is 521 g/mol. The lowest BCUT2D eigenvalue weighted by molar-refractivity contribution is 0.513. The molecule has 2 aromatic carbocycles. The van der Waals surface area contributed by atoms with Crippen molar-refractivity contribution in [3.05, 3.63) is 48.0 Å². The molecule has 0 N–H and O–H groups in total. The molecule has 216 valence electrons. The van der Waals surface area contributed by atoms with E-state index in [0.29, 0.717) is 5.92 Å². The van der Waals surface area contributed by atoms with E-state index in [1.807, 2.05) is 0 Å². The first kappa shape index (κ1) is 32.9. The second kappa shape index (κ2) is 23.6. The van der Waals surface area contributed by atoms with Crippen LogP contribution in [0, 0.1) is 0 Å². The van der Waals surface area contributed by atoms with Crippen LogP contribution >= 0.6 is 0 Å². The average Bonchev–Trinajstić information content (AvgIpc) is 2.95. The van der Waals surface area contributed by atoms with E-state index < -0.39 is 0 Å². The molecular weight excluding hydrogens is 456 g/mol. The molecule has 0 nitrogen and oxygen atoms in total. The van der Waals surface area contributed by atoms with Gasteiger partial charge in [0.2, 0.25) is 0 Å². The maximum absolute atomic E-state index is 2.41. The van der Waals surface area contributed by atoms with Gasteiger partial charge in [-0.25, -0.2) is 0 Å². The predicted molar refractivity (Wildman–Crippen MR) is 173 cm³/mol. The molecule has 0 aliphatic rings. The summed E-state index contributed by atoms with van der Waals surface area (Å²) < 4.78 is 0. The number of unbranched alkanes of at least 4 members (excludes halogenated alkanes) is 23. The summed E-state index contributed by atoms with van der Waals surface area (Å²) >= 11 is 0. The fourth-order valence-corrected chi connectivity index (χ4v) is 6.09. The summed E-state index contributed by atoms with van der Waals surface area (Å²) in [5.74, 6) is 0.680. The van der Waals surface area contributed by atoms with Crippen molar-refractivity contribution in [2.45, 2.75) is 180 Å². The summed E-state index contributed by atoms with van der Waals surface area (Å²) in [7, 11) is 0. The van der Waals surface area contributed by atoms with E-state index in [1.54, 1.807) is 0 Å². The van der Waals surface area contributed by atoms with Gasteiger partial charge in [-0.15, -0.1) is 0 Å². The van der Waals surface area contributed by atoms with Crippen molar-refractivity contribution in [3.8, 4) is 0 Å². The van der Waals surface area contributed by atoms with Crippen molar-refractivity contribution < 1.29 is 0 Å². The topological polar surface area (TPSA) is 0 Å². The number of hydrogen-bond donors (Lipinski definition) is 0. The Morgan fingerprint density at radius 1 is 0.421 bits per heavy atom. The first-order valence-electron chi connectivity index (χ1n) is 17.3. The first-order chi connectivity index (χ1) is 18.8. The van der Waals surface area contributed by atoms with E-state index in [-0.39, 0.29) is 0 Å². The smallest absolute Gasteiger partial charge is 0.0181 e. The largest absolute Gasteiger partial charge is 0.0654 e. The maximum Gasteiger partial charge on any atom is -0.0181 e. The standard InChI is InChI=1S/C38H64/c1-3-4-5-6-7-8-9-10-11-12-13-14-15-16-17-18-19-20-21-22-23-24-25-26-29-35(2)37-33-32-36-30-27-28-31-38(36)34-37/h27-28,30-35H,3-26,29H2,1-2H3. The Bertz CT molecular complexity index is 774. The van der Waals surface area contributed by atoms with Crippen LogP contribution in [-0.4, -0.2) is 0 Å². The third kappa shape index (κ3) is 16.6. The number of fused-ring (bicyclic) bond motifs is 1. The molecule has 0 bridgehead atoms. The van der Waals surface area contributed by atoms with Crippen molar-refractivity contribution in [1.82, 2.24) is 0 Å². The molecule has 0 heteroatoms. The van der Waals surface area contributed by atoms with E-state index >= 15 is 0 Å². The lowest BCUT2D eigenvalue weighted by Gasteiger charge is -2.13. The molecule has 0 heterocycles. The fraction of sp³-hybridized carbons (Fsp3) is 0.737. The fourth-order valence-electron chi connectivity index (χ4n) is 6.09. The van der Waals surface area contributed by atoms with Crippen LogP contribution in [0.3, 0.4) is 0 Å². The minimum Gasteiger partial charge on any atom is -0.0654 e. The minimum absolute atomic E-state index is 0.680. The number of hydrogen-bond acceptors (Lipinski definition) is 0. The minimum atomic E-state index is 0.680. The Labute approximate surface area is 238 Å². The number of rotatable bonds is 26. The van der Waals surface area contributed by atoms with Crippen LogP contribution in [0.2, 0.25) is 0 Å². The van der Waals surface area contributed by atoms with E-state index in [4.69, 9.17) is 0 Å². The summed E-state index contributed by atoms with van der Waals surface area (Å²) in [6.07, 6.45) is 36.4.